The highest BCUT2D eigenvalue weighted by Crippen LogP contribution is 2.45. The van der Waals surface area contributed by atoms with Crippen molar-refractivity contribution in [3.05, 3.63) is 28.8 Å². The molecule has 0 aliphatic carbocycles. The number of phenolic OH excluding ortho intramolecular Hbond substituents is 1. The Bertz CT molecular complexity index is 667. The minimum Gasteiger partial charge on any atom is -0.507 e. The number of nitrogens with zero attached hydrogens (tertiary/aromatic N) is 1. The monoisotopic (exact) mass is 403 g/mol. The summed E-state index contributed by atoms with van der Waals surface area (Å²) < 4.78 is 0. The summed E-state index contributed by atoms with van der Waals surface area (Å²) >= 11 is 0. The van der Waals surface area contributed by atoms with Crippen molar-refractivity contribution in [3.63, 3.8) is 0 Å². The van der Waals surface area contributed by atoms with Gasteiger partial charge in [0.25, 0.3) is 0 Å². The third-order valence-electron chi connectivity index (χ3n) is 5.93. The van der Waals surface area contributed by atoms with E-state index in [4.69, 9.17) is 0 Å². The van der Waals surface area contributed by atoms with Gasteiger partial charge in [0.05, 0.1) is 0 Å². The summed E-state index contributed by atoms with van der Waals surface area (Å²) in [7, 11) is 0. The zero-order valence-corrected chi connectivity index (χ0v) is 21.6. The molecule has 0 atom stereocenters. The SMILES string of the molecule is CCN(CC)Cc1cc(C(C)(C)CC(C)(C)C)cc(C(C)(C)CC(C)(C)C)c1O. The number of aromatic hydroxyl groups is 1. The van der Waals surface area contributed by atoms with Crippen LogP contribution in [0.5, 0.6) is 5.75 Å². The first-order chi connectivity index (χ1) is 12.9. The minimum atomic E-state index is -0.0891. The van der Waals surface area contributed by atoms with E-state index >= 15 is 0 Å². The molecule has 0 spiro atoms. The van der Waals surface area contributed by atoms with E-state index in [1.165, 1.54) is 5.56 Å². The Hall–Kier alpha value is -1.02. The van der Waals surface area contributed by atoms with Crippen molar-refractivity contribution in [2.24, 2.45) is 10.8 Å². The second-order valence-corrected chi connectivity index (χ2v) is 12.7. The lowest BCUT2D eigenvalue weighted by molar-refractivity contribution is 0.268. The van der Waals surface area contributed by atoms with Gasteiger partial charge >= 0.3 is 0 Å². The summed E-state index contributed by atoms with van der Waals surface area (Å²) in [6.45, 7) is 30.3. The standard InChI is InChI=1S/C27H49NO/c1-13-28(14-2)17-20-15-21(26(9,10)18-24(3,4)5)16-22(23(20)29)27(11,12)19-25(6,7)8/h15-16,29H,13-14,17-19H2,1-12H3. The maximum absolute atomic E-state index is 11.4. The summed E-state index contributed by atoms with van der Waals surface area (Å²) in [4.78, 5) is 2.39. The summed E-state index contributed by atoms with van der Waals surface area (Å²) in [6, 6.07) is 4.58. The first-order valence-electron chi connectivity index (χ1n) is 11.5. The maximum Gasteiger partial charge on any atom is 0.123 e. The third kappa shape index (κ3) is 7.63. The molecule has 0 aromatic heterocycles. The van der Waals surface area contributed by atoms with E-state index in [-0.39, 0.29) is 21.7 Å². The van der Waals surface area contributed by atoms with Gasteiger partial charge in [-0.25, -0.2) is 0 Å². The molecule has 1 N–H and O–H groups in total. The Morgan fingerprint density at radius 3 is 1.59 bits per heavy atom. The van der Waals surface area contributed by atoms with Crippen LogP contribution in [0, 0.1) is 10.8 Å². The van der Waals surface area contributed by atoms with Crippen molar-refractivity contribution < 1.29 is 5.11 Å². The highest BCUT2D eigenvalue weighted by molar-refractivity contribution is 5.49. The predicted octanol–water partition coefficient (Wildman–Crippen LogP) is 7.66. The lowest BCUT2D eigenvalue weighted by Gasteiger charge is -2.37. The van der Waals surface area contributed by atoms with Crippen LogP contribution in [0.4, 0.5) is 0 Å². The number of benzene rings is 1. The molecule has 0 radical (unpaired) electrons. The van der Waals surface area contributed by atoms with Crippen LogP contribution in [0.3, 0.4) is 0 Å². The van der Waals surface area contributed by atoms with Crippen molar-refractivity contribution in [2.75, 3.05) is 13.1 Å². The van der Waals surface area contributed by atoms with E-state index in [0.29, 0.717) is 5.75 Å². The molecule has 0 amide bonds. The average Bonchev–Trinajstić information content (AvgIpc) is 2.48. The van der Waals surface area contributed by atoms with Gasteiger partial charge in [-0.2, -0.15) is 0 Å². The van der Waals surface area contributed by atoms with Crippen molar-refractivity contribution in [2.45, 2.75) is 113 Å². The Kier molecular flexibility index (Phi) is 8.07. The molecule has 1 aromatic rings. The molecule has 0 aliphatic rings. The molecular formula is C27H49NO. The average molecular weight is 404 g/mol. The molecule has 0 saturated heterocycles. The summed E-state index contributed by atoms with van der Waals surface area (Å²) in [5, 5.41) is 11.4. The molecule has 168 valence electrons. The highest BCUT2D eigenvalue weighted by atomic mass is 16.3. The Morgan fingerprint density at radius 1 is 0.724 bits per heavy atom. The maximum atomic E-state index is 11.4. The lowest BCUT2D eigenvalue weighted by Crippen LogP contribution is -2.29. The molecule has 1 aromatic carbocycles. The van der Waals surface area contributed by atoms with Crippen LogP contribution in [-0.4, -0.2) is 23.1 Å². The third-order valence-corrected chi connectivity index (χ3v) is 5.93. The van der Waals surface area contributed by atoms with Crippen LogP contribution in [0.2, 0.25) is 0 Å². The van der Waals surface area contributed by atoms with Crippen LogP contribution in [-0.2, 0) is 17.4 Å². The van der Waals surface area contributed by atoms with E-state index in [1.54, 1.807) is 0 Å². The fourth-order valence-electron chi connectivity index (χ4n) is 5.26. The summed E-state index contributed by atoms with van der Waals surface area (Å²) in [5.74, 6) is 0.501. The van der Waals surface area contributed by atoms with E-state index in [0.717, 1.165) is 43.6 Å². The summed E-state index contributed by atoms with van der Waals surface area (Å²) in [5.41, 5.74) is 3.95. The van der Waals surface area contributed by atoms with Gasteiger partial charge in [-0.1, -0.05) is 95.2 Å². The van der Waals surface area contributed by atoms with Crippen molar-refractivity contribution in [1.29, 1.82) is 0 Å². The van der Waals surface area contributed by atoms with Gasteiger partial charge in [-0.15, -0.1) is 0 Å². The van der Waals surface area contributed by atoms with Crippen molar-refractivity contribution in [3.8, 4) is 5.75 Å². The number of phenols is 1. The predicted molar refractivity (Wildman–Crippen MR) is 129 cm³/mol. The van der Waals surface area contributed by atoms with Gasteiger partial charge in [-0.3, -0.25) is 4.90 Å². The van der Waals surface area contributed by atoms with Gasteiger partial charge in [0.1, 0.15) is 5.75 Å². The van der Waals surface area contributed by atoms with Gasteiger partial charge in [0, 0.05) is 17.7 Å². The molecule has 2 nitrogen and oxygen atoms in total. The Morgan fingerprint density at radius 2 is 1.17 bits per heavy atom. The smallest absolute Gasteiger partial charge is 0.123 e. The fraction of sp³-hybridized carbons (Fsp3) is 0.778. The van der Waals surface area contributed by atoms with Crippen molar-refractivity contribution in [1.82, 2.24) is 4.90 Å². The normalized spacial score (nSPS) is 14.0. The molecule has 0 unspecified atom stereocenters. The van der Waals surface area contributed by atoms with Crippen LogP contribution in [0.1, 0.15) is 113 Å². The van der Waals surface area contributed by atoms with Gasteiger partial charge in [0.15, 0.2) is 0 Å². The molecule has 0 aliphatic heterocycles. The Balaban J connectivity index is 3.62. The number of rotatable bonds is 8. The molecule has 0 fully saturated rings. The van der Waals surface area contributed by atoms with E-state index in [2.05, 4.69) is 100 Å². The van der Waals surface area contributed by atoms with Crippen LogP contribution < -0.4 is 0 Å². The molecule has 1 rings (SSSR count). The minimum absolute atomic E-state index is 0.0521. The zero-order chi connectivity index (χ0) is 22.8. The van der Waals surface area contributed by atoms with Crippen LogP contribution in [0.15, 0.2) is 12.1 Å². The molecule has 0 bridgehead atoms. The largest absolute Gasteiger partial charge is 0.507 e. The first kappa shape index (κ1) is 26.0. The quantitative estimate of drug-likeness (QED) is 0.481. The van der Waals surface area contributed by atoms with E-state index in [1.807, 2.05) is 0 Å². The highest BCUT2D eigenvalue weighted by Gasteiger charge is 2.34. The second-order valence-electron chi connectivity index (χ2n) is 12.7. The topological polar surface area (TPSA) is 23.5 Å². The first-order valence-corrected chi connectivity index (χ1v) is 11.5. The molecule has 2 heteroatoms. The van der Waals surface area contributed by atoms with E-state index < -0.39 is 0 Å². The molecular weight excluding hydrogens is 354 g/mol. The second kappa shape index (κ2) is 9.00. The molecule has 29 heavy (non-hydrogen) atoms. The van der Waals surface area contributed by atoms with Crippen molar-refractivity contribution >= 4 is 0 Å². The van der Waals surface area contributed by atoms with Gasteiger partial charge in [-0.05, 0) is 53.2 Å². The molecule has 0 heterocycles. The summed E-state index contributed by atoms with van der Waals surface area (Å²) in [6.07, 6.45) is 2.13. The van der Waals surface area contributed by atoms with Gasteiger partial charge < -0.3 is 5.11 Å². The van der Waals surface area contributed by atoms with Crippen LogP contribution >= 0.6 is 0 Å². The fourth-order valence-corrected chi connectivity index (χ4v) is 5.26. The number of hydrogen-bond donors (Lipinski definition) is 1. The van der Waals surface area contributed by atoms with Gasteiger partial charge in [0.2, 0.25) is 0 Å². The zero-order valence-electron chi connectivity index (χ0n) is 21.6. The van der Waals surface area contributed by atoms with Crippen LogP contribution in [0.25, 0.3) is 0 Å². The lowest BCUT2D eigenvalue weighted by atomic mass is 9.68. The Labute approximate surface area is 182 Å². The number of hydrogen-bond acceptors (Lipinski definition) is 2. The molecule has 0 saturated carbocycles. The van der Waals surface area contributed by atoms with E-state index in [9.17, 15) is 5.11 Å².